The number of hydrogen-bond donors (Lipinski definition) is 1. The molecule has 1 unspecified atom stereocenters. The molecule has 2 heterocycles. The van der Waals surface area contributed by atoms with E-state index in [0.29, 0.717) is 6.54 Å². The summed E-state index contributed by atoms with van der Waals surface area (Å²) in [5.74, 6) is -0.276. The predicted molar refractivity (Wildman–Crippen MR) is 84.2 cm³/mol. The molecule has 0 amide bonds. The van der Waals surface area contributed by atoms with E-state index in [0.717, 1.165) is 31.7 Å². The molecular formula is C17H20FN3O. The van der Waals surface area contributed by atoms with Crippen LogP contribution in [0.4, 0.5) is 10.1 Å². The first-order chi connectivity index (χ1) is 10.7. The lowest BCUT2D eigenvalue weighted by Gasteiger charge is -2.36. The average Bonchev–Trinajstić information content (AvgIpc) is 2.57. The number of rotatable bonds is 4. The van der Waals surface area contributed by atoms with Crippen LogP contribution in [0.1, 0.15) is 11.7 Å². The molecule has 1 aliphatic heterocycles. The van der Waals surface area contributed by atoms with Gasteiger partial charge in [0, 0.05) is 50.8 Å². The molecule has 1 atom stereocenters. The van der Waals surface area contributed by atoms with E-state index in [1.807, 2.05) is 12.1 Å². The Kier molecular flexibility index (Phi) is 4.65. The predicted octanol–water partition coefficient (Wildman–Crippen LogP) is 2.08. The van der Waals surface area contributed by atoms with Crippen LogP contribution in [0.25, 0.3) is 0 Å². The highest BCUT2D eigenvalue weighted by atomic mass is 19.1. The average molecular weight is 301 g/mol. The van der Waals surface area contributed by atoms with Crippen LogP contribution in [0.2, 0.25) is 0 Å². The van der Waals surface area contributed by atoms with E-state index in [1.165, 1.54) is 17.8 Å². The lowest BCUT2D eigenvalue weighted by atomic mass is 10.1. The van der Waals surface area contributed by atoms with Crippen molar-refractivity contribution in [2.75, 3.05) is 37.6 Å². The number of pyridine rings is 1. The zero-order valence-electron chi connectivity index (χ0n) is 12.4. The summed E-state index contributed by atoms with van der Waals surface area (Å²) in [6.45, 7) is 4.25. The van der Waals surface area contributed by atoms with Gasteiger partial charge in [0.15, 0.2) is 0 Å². The largest absolute Gasteiger partial charge is 0.387 e. The lowest BCUT2D eigenvalue weighted by Crippen LogP contribution is -2.47. The Balaban J connectivity index is 1.52. The van der Waals surface area contributed by atoms with Gasteiger partial charge in [0.2, 0.25) is 0 Å². The van der Waals surface area contributed by atoms with Crippen molar-refractivity contribution in [2.24, 2.45) is 0 Å². The molecule has 116 valence electrons. The first kappa shape index (κ1) is 14.9. The van der Waals surface area contributed by atoms with Gasteiger partial charge in [0.25, 0.3) is 0 Å². The highest BCUT2D eigenvalue weighted by Gasteiger charge is 2.20. The SMILES string of the molecule is OC(CN1CCN(c2ccncc2)CC1)c1ccc(F)cc1. The number of benzene rings is 1. The van der Waals surface area contributed by atoms with Gasteiger partial charge in [-0.05, 0) is 29.8 Å². The zero-order chi connectivity index (χ0) is 15.4. The topological polar surface area (TPSA) is 39.6 Å². The number of halogens is 1. The summed E-state index contributed by atoms with van der Waals surface area (Å²) in [6.07, 6.45) is 3.04. The minimum Gasteiger partial charge on any atom is -0.387 e. The van der Waals surface area contributed by atoms with Crippen LogP contribution in [0.5, 0.6) is 0 Å². The number of anilines is 1. The van der Waals surface area contributed by atoms with Crippen molar-refractivity contribution in [1.29, 1.82) is 0 Å². The Bertz CT molecular complexity index is 583. The first-order valence-electron chi connectivity index (χ1n) is 7.53. The molecule has 2 aromatic rings. The van der Waals surface area contributed by atoms with Crippen molar-refractivity contribution >= 4 is 5.69 Å². The van der Waals surface area contributed by atoms with Crippen LogP contribution in [0, 0.1) is 5.82 Å². The molecule has 1 aliphatic rings. The van der Waals surface area contributed by atoms with Crippen LogP contribution in [-0.4, -0.2) is 47.7 Å². The van der Waals surface area contributed by atoms with Crippen molar-refractivity contribution in [3.05, 3.63) is 60.2 Å². The summed E-state index contributed by atoms with van der Waals surface area (Å²) in [4.78, 5) is 8.60. The second kappa shape index (κ2) is 6.85. The molecule has 0 radical (unpaired) electrons. The summed E-state index contributed by atoms with van der Waals surface area (Å²) in [6, 6.07) is 10.1. The highest BCUT2D eigenvalue weighted by Crippen LogP contribution is 2.18. The monoisotopic (exact) mass is 301 g/mol. The van der Waals surface area contributed by atoms with Gasteiger partial charge in [-0.1, -0.05) is 12.1 Å². The number of aliphatic hydroxyl groups excluding tert-OH is 1. The van der Waals surface area contributed by atoms with Gasteiger partial charge >= 0.3 is 0 Å². The van der Waals surface area contributed by atoms with Gasteiger partial charge < -0.3 is 10.0 Å². The summed E-state index contributed by atoms with van der Waals surface area (Å²) >= 11 is 0. The van der Waals surface area contributed by atoms with E-state index in [1.54, 1.807) is 24.5 Å². The number of aliphatic hydroxyl groups is 1. The van der Waals surface area contributed by atoms with Gasteiger partial charge in [0.05, 0.1) is 6.10 Å². The Morgan fingerprint density at radius 2 is 1.64 bits per heavy atom. The number of nitrogens with zero attached hydrogens (tertiary/aromatic N) is 3. The molecule has 0 spiro atoms. The molecule has 1 saturated heterocycles. The van der Waals surface area contributed by atoms with Gasteiger partial charge in [-0.2, -0.15) is 0 Å². The van der Waals surface area contributed by atoms with Crippen molar-refractivity contribution in [2.45, 2.75) is 6.10 Å². The third-order valence-corrected chi connectivity index (χ3v) is 4.09. The molecule has 1 aromatic heterocycles. The van der Waals surface area contributed by atoms with Crippen LogP contribution in [0.3, 0.4) is 0 Å². The van der Waals surface area contributed by atoms with Gasteiger partial charge in [-0.25, -0.2) is 4.39 Å². The first-order valence-corrected chi connectivity index (χ1v) is 7.53. The van der Waals surface area contributed by atoms with Crippen LogP contribution in [0.15, 0.2) is 48.8 Å². The molecule has 0 bridgehead atoms. The standard InChI is InChI=1S/C17H20FN3O/c18-15-3-1-14(2-4-15)17(22)13-20-9-11-21(12-10-20)16-5-7-19-8-6-16/h1-8,17,22H,9-13H2. The van der Waals surface area contributed by atoms with Crippen molar-refractivity contribution in [3.8, 4) is 0 Å². The number of aromatic nitrogens is 1. The molecule has 22 heavy (non-hydrogen) atoms. The molecule has 3 rings (SSSR count). The molecule has 1 N–H and O–H groups in total. The van der Waals surface area contributed by atoms with Crippen LogP contribution < -0.4 is 4.90 Å². The fourth-order valence-corrected chi connectivity index (χ4v) is 2.78. The zero-order valence-corrected chi connectivity index (χ0v) is 12.4. The molecular weight excluding hydrogens is 281 g/mol. The number of β-amino-alcohol motifs (C(OH)–C–C–N with tert-alkyl or cyclic N) is 1. The van der Waals surface area contributed by atoms with E-state index < -0.39 is 6.10 Å². The molecule has 1 aromatic carbocycles. The molecule has 5 heteroatoms. The molecule has 1 fully saturated rings. The minimum atomic E-state index is -0.576. The van der Waals surface area contributed by atoms with E-state index in [2.05, 4.69) is 14.8 Å². The Morgan fingerprint density at radius 3 is 2.27 bits per heavy atom. The highest BCUT2D eigenvalue weighted by molar-refractivity contribution is 5.44. The molecule has 0 aliphatic carbocycles. The fraction of sp³-hybridized carbons (Fsp3) is 0.353. The Labute approximate surface area is 129 Å². The minimum absolute atomic E-state index is 0.276. The maximum Gasteiger partial charge on any atom is 0.123 e. The van der Waals surface area contributed by atoms with Gasteiger partial charge in [-0.3, -0.25) is 9.88 Å². The third-order valence-electron chi connectivity index (χ3n) is 4.09. The Morgan fingerprint density at radius 1 is 1.00 bits per heavy atom. The van der Waals surface area contributed by atoms with E-state index in [-0.39, 0.29) is 5.82 Å². The smallest absolute Gasteiger partial charge is 0.123 e. The number of piperazine rings is 1. The Hall–Kier alpha value is -1.98. The normalized spacial score (nSPS) is 17.5. The second-order valence-electron chi connectivity index (χ2n) is 5.56. The van der Waals surface area contributed by atoms with E-state index in [4.69, 9.17) is 0 Å². The van der Waals surface area contributed by atoms with Crippen LogP contribution in [-0.2, 0) is 0 Å². The fourth-order valence-electron chi connectivity index (χ4n) is 2.78. The quantitative estimate of drug-likeness (QED) is 0.938. The summed E-state index contributed by atoms with van der Waals surface area (Å²) in [5.41, 5.74) is 1.95. The summed E-state index contributed by atoms with van der Waals surface area (Å²) in [7, 11) is 0. The van der Waals surface area contributed by atoms with Gasteiger partial charge in [-0.15, -0.1) is 0 Å². The van der Waals surface area contributed by atoms with Crippen molar-refractivity contribution in [1.82, 2.24) is 9.88 Å². The maximum atomic E-state index is 12.9. The lowest BCUT2D eigenvalue weighted by molar-refractivity contribution is 0.109. The van der Waals surface area contributed by atoms with Crippen molar-refractivity contribution < 1.29 is 9.50 Å². The van der Waals surface area contributed by atoms with Gasteiger partial charge in [0.1, 0.15) is 5.82 Å². The van der Waals surface area contributed by atoms with E-state index >= 15 is 0 Å². The van der Waals surface area contributed by atoms with E-state index in [9.17, 15) is 9.50 Å². The van der Waals surface area contributed by atoms with Crippen molar-refractivity contribution in [3.63, 3.8) is 0 Å². The summed E-state index contributed by atoms with van der Waals surface area (Å²) < 4.78 is 12.9. The second-order valence-corrected chi connectivity index (χ2v) is 5.56. The number of hydrogen-bond acceptors (Lipinski definition) is 4. The molecule has 0 saturated carbocycles. The van der Waals surface area contributed by atoms with Crippen LogP contribution >= 0.6 is 0 Å². The third kappa shape index (κ3) is 3.61. The summed E-state index contributed by atoms with van der Waals surface area (Å²) in [5, 5.41) is 10.3. The maximum absolute atomic E-state index is 12.9. The molecule has 4 nitrogen and oxygen atoms in total.